The van der Waals surface area contributed by atoms with Gasteiger partial charge in [0.05, 0.1) is 0 Å². The third-order valence-corrected chi connectivity index (χ3v) is 13.2. The molecular formula is C30H48O. The van der Waals surface area contributed by atoms with Crippen molar-refractivity contribution in [2.45, 2.75) is 113 Å². The molecule has 0 aromatic heterocycles. The van der Waals surface area contributed by atoms with Crippen LogP contribution in [0.4, 0.5) is 0 Å². The molecule has 0 spiro atoms. The van der Waals surface area contributed by atoms with Crippen molar-refractivity contribution in [2.75, 3.05) is 0 Å². The number of carbonyl (C=O) groups excluding carboxylic acids is 1. The van der Waals surface area contributed by atoms with Crippen LogP contribution in [0, 0.1) is 56.7 Å². The SMILES string of the molecule is C=C(C)[C@@H]1CC[C@]2(C)CC[C@]3(C)[C@@H](CC[C@@H]4[C@]5(C)CCC(=O)C(C)(C)[C@@H]5CC[C@@]43C)[C@H]12. The van der Waals surface area contributed by atoms with Crippen LogP contribution < -0.4 is 0 Å². The van der Waals surface area contributed by atoms with Gasteiger partial charge in [-0.3, -0.25) is 4.79 Å². The summed E-state index contributed by atoms with van der Waals surface area (Å²) in [5.74, 6) is 4.33. The summed E-state index contributed by atoms with van der Waals surface area (Å²) < 4.78 is 0. The molecule has 9 atom stereocenters. The van der Waals surface area contributed by atoms with Crippen molar-refractivity contribution >= 4 is 5.78 Å². The molecule has 5 fully saturated rings. The lowest BCUT2D eigenvalue weighted by atomic mass is 9.32. The van der Waals surface area contributed by atoms with Gasteiger partial charge in [-0.05, 0) is 116 Å². The van der Waals surface area contributed by atoms with Gasteiger partial charge >= 0.3 is 0 Å². The minimum absolute atomic E-state index is 0.131. The van der Waals surface area contributed by atoms with Crippen molar-refractivity contribution < 1.29 is 4.79 Å². The van der Waals surface area contributed by atoms with Crippen molar-refractivity contribution in [3.05, 3.63) is 12.2 Å². The maximum Gasteiger partial charge on any atom is 0.138 e. The number of hydrogen-bond donors (Lipinski definition) is 0. The van der Waals surface area contributed by atoms with Gasteiger partial charge in [0.15, 0.2) is 0 Å². The van der Waals surface area contributed by atoms with Crippen molar-refractivity contribution in [3.63, 3.8) is 0 Å². The van der Waals surface area contributed by atoms with Crippen molar-refractivity contribution in [3.8, 4) is 0 Å². The molecule has 1 heteroatoms. The van der Waals surface area contributed by atoms with E-state index in [4.69, 9.17) is 0 Å². The quantitative estimate of drug-likeness (QED) is 0.387. The Hall–Kier alpha value is -0.590. The number of allylic oxidation sites excluding steroid dienone is 1. The third-order valence-electron chi connectivity index (χ3n) is 13.2. The molecular weight excluding hydrogens is 376 g/mol. The van der Waals surface area contributed by atoms with Crippen LogP contribution in [-0.2, 0) is 4.79 Å². The van der Waals surface area contributed by atoms with Crippen LogP contribution in [0.15, 0.2) is 12.2 Å². The van der Waals surface area contributed by atoms with Crippen LogP contribution in [0.3, 0.4) is 0 Å². The smallest absolute Gasteiger partial charge is 0.138 e. The van der Waals surface area contributed by atoms with E-state index in [1.54, 1.807) is 0 Å². The molecule has 0 radical (unpaired) electrons. The molecule has 5 saturated carbocycles. The number of ketones is 1. The zero-order valence-corrected chi connectivity index (χ0v) is 21.6. The van der Waals surface area contributed by atoms with Gasteiger partial charge in [0.2, 0.25) is 0 Å². The molecule has 0 amide bonds. The minimum Gasteiger partial charge on any atom is -0.299 e. The molecule has 0 bridgehead atoms. The maximum atomic E-state index is 12.9. The maximum absolute atomic E-state index is 12.9. The largest absolute Gasteiger partial charge is 0.299 e. The molecule has 0 aromatic carbocycles. The van der Waals surface area contributed by atoms with E-state index >= 15 is 0 Å². The lowest BCUT2D eigenvalue weighted by Crippen LogP contribution is -2.66. The monoisotopic (exact) mass is 424 g/mol. The summed E-state index contributed by atoms with van der Waals surface area (Å²) in [5, 5.41) is 0. The average Bonchev–Trinajstić information content (AvgIpc) is 3.04. The fourth-order valence-corrected chi connectivity index (χ4v) is 11.3. The van der Waals surface area contributed by atoms with Crippen LogP contribution in [-0.4, -0.2) is 5.78 Å². The number of Topliss-reactive ketones (excluding diaryl/α,β-unsaturated/α-hetero) is 1. The fourth-order valence-electron chi connectivity index (χ4n) is 11.3. The highest BCUT2D eigenvalue weighted by molar-refractivity contribution is 5.85. The van der Waals surface area contributed by atoms with Crippen LogP contribution in [0.2, 0.25) is 0 Å². The molecule has 0 saturated heterocycles. The Morgan fingerprint density at radius 2 is 1.52 bits per heavy atom. The Balaban J connectivity index is 1.55. The van der Waals surface area contributed by atoms with Gasteiger partial charge in [-0.1, -0.05) is 53.7 Å². The number of hydrogen-bond acceptors (Lipinski definition) is 1. The van der Waals surface area contributed by atoms with Gasteiger partial charge < -0.3 is 0 Å². The first-order valence-electron chi connectivity index (χ1n) is 13.5. The summed E-state index contributed by atoms with van der Waals surface area (Å²) in [6.07, 6.45) is 13.0. The average molecular weight is 425 g/mol. The Kier molecular flexibility index (Phi) is 4.66. The molecule has 0 unspecified atom stereocenters. The molecule has 1 nitrogen and oxygen atoms in total. The lowest BCUT2D eigenvalue weighted by molar-refractivity contribution is -0.232. The number of carbonyl (C=O) groups is 1. The molecule has 0 aliphatic heterocycles. The molecule has 0 heterocycles. The second-order valence-electron chi connectivity index (χ2n) is 14.5. The topological polar surface area (TPSA) is 17.1 Å². The summed E-state index contributed by atoms with van der Waals surface area (Å²) in [6.45, 7) is 22.0. The van der Waals surface area contributed by atoms with Crippen LogP contribution in [0.25, 0.3) is 0 Å². The first-order valence-corrected chi connectivity index (χ1v) is 13.5. The molecule has 0 N–H and O–H groups in total. The van der Waals surface area contributed by atoms with Gasteiger partial charge in [0.1, 0.15) is 5.78 Å². The Bertz CT molecular complexity index is 807. The van der Waals surface area contributed by atoms with E-state index in [0.717, 1.165) is 36.5 Å². The molecule has 0 aromatic rings. The summed E-state index contributed by atoms with van der Waals surface area (Å²) in [4.78, 5) is 12.9. The second-order valence-corrected chi connectivity index (χ2v) is 14.5. The van der Waals surface area contributed by atoms with Gasteiger partial charge in [-0.15, -0.1) is 0 Å². The van der Waals surface area contributed by atoms with E-state index in [2.05, 4.69) is 55.0 Å². The summed E-state index contributed by atoms with van der Waals surface area (Å²) in [5.41, 5.74) is 3.06. The molecule has 31 heavy (non-hydrogen) atoms. The van der Waals surface area contributed by atoms with Crippen LogP contribution in [0.1, 0.15) is 113 Å². The van der Waals surface area contributed by atoms with Crippen LogP contribution >= 0.6 is 0 Å². The van der Waals surface area contributed by atoms with Crippen molar-refractivity contribution in [2.24, 2.45) is 56.7 Å². The van der Waals surface area contributed by atoms with E-state index in [9.17, 15) is 4.79 Å². The Labute approximate surface area is 192 Å². The predicted molar refractivity (Wildman–Crippen MR) is 130 cm³/mol. The van der Waals surface area contributed by atoms with Crippen LogP contribution in [0.5, 0.6) is 0 Å². The summed E-state index contributed by atoms with van der Waals surface area (Å²) in [7, 11) is 0. The fraction of sp³-hybridized carbons (Fsp3) is 0.900. The number of rotatable bonds is 1. The van der Waals surface area contributed by atoms with E-state index in [1.807, 2.05) is 0 Å². The third kappa shape index (κ3) is 2.59. The van der Waals surface area contributed by atoms with Gasteiger partial charge in [-0.25, -0.2) is 0 Å². The standard InChI is InChI=1S/C30H48O/c1-19(2)20-11-14-27(5)17-18-29(7)21(25(20)27)9-10-23-28(6)15-13-24(31)26(3,4)22(28)12-16-30(23,29)8/h20-23,25H,1,9-18H2,2-8H3/t20-,21-,22-,23+,25-,27+,28+,29+,30-/m0/s1. The van der Waals surface area contributed by atoms with Crippen molar-refractivity contribution in [1.29, 1.82) is 0 Å². The lowest BCUT2D eigenvalue weighted by Gasteiger charge is -2.72. The van der Waals surface area contributed by atoms with E-state index in [1.165, 1.54) is 56.9 Å². The Morgan fingerprint density at radius 1 is 0.806 bits per heavy atom. The van der Waals surface area contributed by atoms with E-state index < -0.39 is 0 Å². The highest BCUT2D eigenvalue weighted by atomic mass is 16.1. The molecule has 174 valence electrons. The highest BCUT2D eigenvalue weighted by Gasteiger charge is 2.70. The van der Waals surface area contributed by atoms with Gasteiger partial charge in [0, 0.05) is 11.8 Å². The highest BCUT2D eigenvalue weighted by Crippen LogP contribution is 2.77. The van der Waals surface area contributed by atoms with Gasteiger partial charge in [-0.2, -0.15) is 0 Å². The van der Waals surface area contributed by atoms with E-state index in [-0.39, 0.29) is 5.41 Å². The normalized spacial score (nSPS) is 55.6. The summed E-state index contributed by atoms with van der Waals surface area (Å²) >= 11 is 0. The second kappa shape index (κ2) is 6.50. The molecule has 5 aliphatic rings. The summed E-state index contributed by atoms with van der Waals surface area (Å²) in [6, 6.07) is 0. The zero-order valence-electron chi connectivity index (χ0n) is 21.6. The molecule has 5 aliphatic carbocycles. The Morgan fingerprint density at radius 3 is 2.19 bits per heavy atom. The van der Waals surface area contributed by atoms with Crippen molar-refractivity contribution in [1.82, 2.24) is 0 Å². The predicted octanol–water partition coefficient (Wildman–Crippen LogP) is 8.23. The number of fused-ring (bicyclic) bond motifs is 7. The minimum atomic E-state index is -0.131. The zero-order chi connectivity index (χ0) is 22.6. The molecule has 5 rings (SSSR count). The first-order chi connectivity index (χ1) is 14.3. The van der Waals surface area contributed by atoms with Gasteiger partial charge in [0.25, 0.3) is 0 Å². The van der Waals surface area contributed by atoms with E-state index in [0.29, 0.717) is 33.4 Å². The first kappa shape index (κ1) is 22.2.